The van der Waals surface area contributed by atoms with Crippen LogP contribution in [0.3, 0.4) is 0 Å². The van der Waals surface area contributed by atoms with E-state index in [9.17, 15) is 0 Å². The minimum absolute atomic E-state index is 0.178. The predicted molar refractivity (Wildman–Crippen MR) is 108 cm³/mol. The van der Waals surface area contributed by atoms with Gasteiger partial charge in [-0.15, -0.1) is 0 Å². The standard InChI is InChI=1S/C20H23Cl2N3/c1-13(2)8-9-25-12-15-4-3-5-18(23)20(15)24-11-19(25)14-6-7-16(21)17(22)10-14/h3-8,10,19,24H,9,11-12,23H2,1-2H3. The maximum absolute atomic E-state index is 6.26. The fourth-order valence-electron chi connectivity index (χ4n) is 3.16. The molecule has 0 bridgehead atoms. The number of hydrogen-bond acceptors (Lipinski definition) is 3. The van der Waals surface area contributed by atoms with Crippen LogP contribution in [0.5, 0.6) is 0 Å². The quantitative estimate of drug-likeness (QED) is 0.548. The lowest BCUT2D eigenvalue weighted by molar-refractivity contribution is 0.223. The van der Waals surface area contributed by atoms with E-state index in [-0.39, 0.29) is 6.04 Å². The van der Waals surface area contributed by atoms with Gasteiger partial charge in [-0.05, 0) is 43.2 Å². The summed E-state index contributed by atoms with van der Waals surface area (Å²) in [6.45, 7) is 6.69. The van der Waals surface area contributed by atoms with Gasteiger partial charge in [-0.25, -0.2) is 0 Å². The zero-order valence-electron chi connectivity index (χ0n) is 14.5. The van der Waals surface area contributed by atoms with Crippen LogP contribution in [0.15, 0.2) is 48.0 Å². The highest BCUT2D eigenvalue weighted by atomic mass is 35.5. The van der Waals surface area contributed by atoms with E-state index in [0.29, 0.717) is 10.0 Å². The number of allylic oxidation sites excluding steroid dienone is 1. The maximum Gasteiger partial charge on any atom is 0.0620 e. The zero-order valence-corrected chi connectivity index (χ0v) is 16.0. The fraction of sp³-hybridized carbons (Fsp3) is 0.300. The monoisotopic (exact) mass is 375 g/mol. The molecule has 0 fully saturated rings. The van der Waals surface area contributed by atoms with Crippen LogP contribution in [0.4, 0.5) is 11.4 Å². The minimum Gasteiger partial charge on any atom is -0.397 e. The molecule has 0 saturated carbocycles. The number of hydrogen-bond donors (Lipinski definition) is 2. The molecule has 1 atom stereocenters. The van der Waals surface area contributed by atoms with E-state index in [1.54, 1.807) is 0 Å². The van der Waals surface area contributed by atoms with Crippen molar-refractivity contribution in [1.29, 1.82) is 0 Å². The van der Waals surface area contributed by atoms with E-state index in [4.69, 9.17) is 28.9 Å². The molecular formula is C20H23Cl2N3. The van der Waals surface area contributed by atoms with Crippen molar-refractivity contribution >= 4 is 34.6 Å². The van der Waals surface area contributed by atoms with Crippen molar-refractivity contribution in [3.63, 3.8) is 0 Å². The molecule has 1 unspecified atom stereocenters. The molecule has 3 N–H and O–H groups in total. The minimum atomic E-state index is 0.178. The van der Waals surface area contributed by atoms with Gasteiger partial charge in [-0.3, -0.25) is 4.90 Å². The molecule has 0 aromatic heterocycles. The zero-order chi connectivity index (χ0) is 18.0. The lowest BCUT2D eigenvalue weighted by atomic mass is 10.0. The Kier molecular flexibility index (Phi) is 5.57. The van der Waals surface area contributed by atoms with Gasteiger partial charge in [0.05, 0.1) is 27.5 Å². The number of halogens is 2. The number of para-hydroxylation sites is 1. The Morgan fingerprint density at radius 2 is 2.04 bits per heavy atom. The largest absolute Gasteiger partial charge is 0.397 e. The summed E-state index contributed by atoms with van der Waals surface area (Å²) in [5, 5.41) is 4.70. The first-order chi connectivity index (χ1) is 12.0. The summed E-state index contributed by atoms with van der Waals surface area (Å²) in [6.07, 6.45) is 2.25. The Morgan fingerprint density at radius 3 is 2.76 bits per heavy atom. The van der Waals surface area contributed by atoms with Crippen LogP contribution in [-0.4, -0.2) is 18.0 Å². The highest BCUT2D eigenvalue weighted by Gasteiger charge is 2.25. The van der Waals surface area contributed by atoms with Gasteiger partial charge in [0.15, 0.2) is 0 Å². The van der Waals surface area contributed by atoms with E-state index in [1.165, 1.54) is 11.1 Å². The highest BCUT2D eigenvalue weighted by molar-refractivity contribution is 6.42. The highest BCUT2D eigenvalue weighted by Crippen LogP contribution is 2.35. The van der Waals surface area contributed by atoms with E-state index in [0.717, 1.165) is 36.6 Å². The first-order valence-electron chi connectivity index (χ1n) is 8.39. The van der Waals surface area contributed by atoms with Gasteiger partial charge in [0.1, 0.15) is 0 Å². The number of nitrogens with one attached hydrogen (secondary N) is 1. The summed E-state index contributed by atoms with van der Waals surface area (Å²) in [5.41, 5.74) is 11.7. The molecule has 0 radical (unpaired) electrons. The number of rotatable bonds is 3. The number of benzene rings is 2. The van der Waals surface area contributed by atoms with Crippen molar-refractivity contribution in [2.45, 2.75) is 26.4 Å². The second-order valence-corrected chi connectivity index (χ2v) is 7.48. The van der Waals surface area contributed by atoms with Gasteiger partial charge in [0.25, 0.3) is 0 Å². The van der Waals surface area contributed by atoms with Crippen LogP contribution in [0.2, 0.25) is 10.0 Å². The Bertz CT molecular complexity index is 798. The third kappa shape index (κ3) is 4.12. The van der Waals surface area contributed by atoms with Crippen molar-refractivity contribution in [2.24, 2.45) is 0 Å². The molecule has 3 nitrogen and oxygen atoms in total. The van der Waals surface area contributed by atoms with Crippen molar-refractivity contribution in [3.8, 4) is 0 Å². The first kappa shape index (κ1) is 18.1. The Labute approximate surface area is 159 Å². The number of nitrogen functional groups attached to an aromatic ring is 1. The van der Waals surface area contributed by atoms with Crippen molar-refractivity contribution in [3.05, 3.63) is 69.2 Å². The van der Waals surface area contributed by atoms with Crippen LogP contribution in [0.25, 0.3) is 0 Å². The molecule has 0 saturated heterocycles. The molecule has 1 aliphatic rings. The average Bonchev–Trinajstić information content (AvgIpc) is 2.76. The molecule has 25 heavy (non-hydrogen) atoms. The molecule has 0 aliphatic carbocycles. The molecule has 5 heteroatoms. The summed E-state index contributed by atoms with van der Waals surface area (Å²) in [7, 11) is 0. The summed E-state index contributed by atoms with van der Waals surface area (Å²) in [5.74, 6) is 0. The van der Waals surface area contributed by atoms with E-state index >= 15 is 0 Å². The summed E-state index contributed by atoms with van der Waals surface area (Å²) >= 11 is 12.4. The number of fused-ring (bicyclic) bond motifs is 1. The molecule has 132 valence electrons. The van der Waals surface area contributed by atoms with Crippen LogP contribution in [0, 0.1) is 0 Å². The molecule has 2 aromatic carbocycles. The van der Waals surface area contributed by atoms with E-state index in [2.05, 4.69) is 42.3 Å². The van der Waals surface area contributed by atoms with Gasteiger partial charge < -0.3 is 11.1 Å². The van der Waals surface area contributed by atoms with Crippen molar-refractivity contribution in [2.75, 3.05) is 24.1 Å². The van der Waals surface area contributed by atoms with Gasteiger partial charge in [-0.2, -0.15) is 0 Å². The topological polar surface area (TPSA) is 41.3 Å². The van der Waals surface area contributed by atoms with Gasteiger partial charge >= 0.3 is 0 Å². The second-order valence-electron chi connectivity index (χ2n) is 6.66. The summed E-state index contributed by atoms with van der Waals surface area (Å²) in [6, 6.07) is 12.1. The van der Waals surface area contributed by atoms with Gasteiger partial charge in [-0.1, -0.05) is 53.1 Å². The first-order valence-corrected chi connectivity index (χ1v) is 9.15. The number of nitrogens with zero attached hydrogens (tertiary/aromatic N) is 1. The number of anilines is 2. The molecule has 3 rings (SSSR count). The normalized spacial score (nSPS) is 17.4. The maximum atomic E-state index is 6.26. The Morgan fingerprint density at radius 1 is 1.24 bits per heavy atom. The molecule has 1 heterocycles. The van der Waals surface area contributed by atoms with Crippen LogP contribution < -0.4 is 11.1 Å². The number of nitrogens with two attached hydrogens (primary N) is 1. The SMILES string of the molecule is CC(C)=CCN1Cc2cccc(N)c2NCC1c1ccc(Cl)c(Cl)c1. The molecule has 2 aromatic rings. The van der Waals surface area contributed by atoms with Crippen LogP contribution >= 0.6 is 23.2 Å². The van der Waals surface area contributed by atoms with E-state index < -0.39 is 0 Å². The Hall–Kier alpha value is -1.68. The molecule has 1 aliphatic heterocycles. The third-order valence-electron chi connectivity index (χ3n) is 4.53. The van der Waals surface area contributed by atoms with Gasteiger partial charge in [0, 0.05) is 19.6 Å². The second kappa shape index (κ2) is 7.69. The average molecular weight is 376 g/mol. The molecule has 0 spiro atoms. The lowest BCUT2D eigenvalue weighted by Gasteiger charge is -2.29. The van der Waals surface area contributed by atoms with Crippen molar-refractivity contribution < 1.29 is 0 Å². The summed E-state index contributed by atoms with van der Waals surface area (Å²) in [4.78, 5) is 2.44. The molecule has 0 amide bonds. The van der Waals surface area contributed by atoms with Crippen LogP contribution in [0.1, 0.15) is 31.0 Å². The smallest absolute Gasteiger partial charge is 0.0620 e. The Balaban J connectivity index is 1.98. The predicted octanol–water partition coefficient (Wildman–Crippen LogP) is 5.51. The van der Waals surface area contributed by atoms with Gasteiger partial charge in [0.2, 0.25) is 0 Å². The fourth-order valence-corrected chi connectivity index (χ4v) is 3.47. The van der Waals surface area contributed by atoms with E-state index in [1.807, 2.05) is 24.3 Å². The summed E-state index contributed by atoms with van der Waals surface area (Å²) < 4.78 is 0. The third-order valence-corrected chi connectivity index (χ3v) is 5.27. The van der Waals surface area contributed by atoms with Crippen molar-refractivity contribution in [1.82, 2.24) is 4.90 Å². The lowest BCUT2D eigenvalue weighted by Crippen LogP contribution is -2.31. The van der Waals surface area contributed by atoms with Crippen LogP contribution in [-0.2, 0) is 6.54 Å². The molecular weight excluding hydrogens is 353 g/mol.